The van der Waals surface area contributed by atoms with Gasteiger partial charge < -0.3 is 4.74 Å². The van der Waals surface area contributed by atoms with Gasteiger partial charge in [-0.05, 0) is 17.5 Å². The van der Waals surface area contributed by atoms with Gasteiger partial charge in [0, 0.05) is 6.20 Å². The molecule has 1 atom stereocenters. The van der Waals surface area contributed by atoms with E-state index in [1.165, 1.54) is 6.07 Å². The minimum atomic E-state index is -4.38. The molecular weight excluding hydrogens is 257 g/mol. The van der Waals surface area contributed by atoms with E-state index in [0.29, 0.717) is 18.2 Å². The number of nitrogens with zero attached hydrogens (tertiary/aromatic N) is 2. The third-order valence-electron chi connectivity index (χ3n) is 2.96. The van der Waals surface area contributed by atoms with Gasteiger partial charge in [0.25, 0.3) is 0 Å². The fourth-order valence-corrected chi connectivity index (χ4v) is 1.65. The maximum atomic E-state index is 12.4. The minimum absolute atomic E-state index is 0.00778. The van der Waals surface area contributed by atoms with Crippen molar-refractivity contribution in [2.75, 3.05) is 6.61 Å². The fraction of sp³-hybridized carbons (Fsp3) is 0.538. The van der Waals surface area contributed by atoms with Crippen LogP contribution in [-0.2, 0) is 10.9 Å². The molecule has 2 heterocycles. The number of hydrogen-bond acceptors (Lipinski definition) is 3. The summed E-state index contributed by atoms with van der Waals surface area (Å²) in [5.41, 5.74) is -0.491. The Morgan fingerprint density at radius 2 is 1.89 bits per heavy atom. The number of pyridine rings is 1. The molecule has 3 nitrogen and oxygen atoms in total. The number of aliphatic imine (C=N–C) groups is 1. The highest BCUT2D eigenvalue weighted by Crippen LogP contribution is 2.30. The standard InChI is InChI=1S/C13H15F3N2O/c1-12(2,3)10-7-19-11(18-10)9-5-4-8(6-17-9)13(14,15)16/h4-6,10H,7H2,1-3H3/t10-/m1/s1. The van der Waals surface area contributed by atoms with Crippen molar-refractivity contribution in [1.29, 1.82) is 0 Å². The predicted molar refractivity (Wildman–Crippen MR) is 65.0 cm³/mol. The summed E-state index contributed by atoms with van der Waals surface area (Å²) in [6.45, 7) is 6.54. The zero-order valence-electron chi connectivity index (χ0n) is 11.0. The van der Waals surface area contributed by atoms with E-state index in [0.717, 1.165) is 12.3 Å². The molecule has 6 heteroatoms. The van der Waals surface area contributed by atoms with Crippen LogP contribution in [0.3, 0.4) is 0 Å². The molecule has 2 rings (SSSR count). The molecule has 0 unspecified atom stereocenters. The van der Waals surface area contributed by atoms with Crippen LogP contribution in [0.2, 0.25) is 0 Å². The molecule has 0 aromatic carbocycles. The van der Waals surface area contributed by atoms with Gasteiger partial charge in [-0.1, -0.05) is 20.8 Å². The summed E-state index contributed by atoms with van der Waals surface area (Å²) in [6, 6.07) is 2.26. The van der Waals surface area contributed by atoms with Crippen LogP contribution in [0.5, 0.6) is 0 Å². The largest absolute Gasteiger partial charge is 0.474 e. The molecule has 0 aliphatic carbocycles. The molecular formula is C13H15F3N2O. The third kappa shape index (κ3) is 3.05. The highest BCUT2D eigenvalue weighted by molar-refractivity contribution is 5.93. The molecule has 0 amide bonds. The Kier molecular flexibility index (Phi) is 3.28. The average molecular weight is 272 g/mol. The molecule has 104 valence electrons. The van der Waals surface area contributed by atoms with Crippen LogP contribution in [-0.4, -0.2) is 23.5 Å². The summed E-state index contributed by atoms with van der Waals surface area (Å²) in [4.78, 5) is 8.14. The van der Waals surface area contributed by atoms with E-state index >= 15 is 0 Å². The van der Waals surface area contributed by atoms with Crippen molar-refractivity contribution in [2.45, 2.75) is 33.0 Å². The van der Waals surface area contributed by atoms with Crippen molar-refractivity contribution in [1.82, 2.24) is 4.98 Å². The number of aromatic nitrogens is 1. The van der Waals surface area contributed by atoms with Crippen LogP contribution in [0.15, 0.2) is 23.3 Å². The van der Waals surface area contributed by atoms with Crippen LogP contribution in [0.4, 0.5) is 13.2 Å². The van der Waals surface area contributed by atoms with Crippen molar-refractivity contribution in [2.24, 2.45) is 10.4 Å². The summed E-state index contributed by atoms with van der Waals surface area (Å²) < 4.78 is 42.7. The average Bonchev–Trinajstić information content (AvgIpc) is 2.77. The molecule has 0 spiro atoms. The van der Waals surface area contributed by atoms with E-state index in [1.54, 1.807) is 0 Å². The lowest BCUT2D eigenvalue weighted by molar-refractivity contribution is -0.137. The van der Waals surface area contributed by atoms with E-state index < -0.39 is 11.7 Å². The Balaban J connectivity index is 2.21. The van der Waals surface area contributed by atoms with E-state index in [-0.39, 0.29) is 11.5 Å². The highest BCUT2D eigenvalue weighted by Gasteiger charge is 2.33. The fourth-order valence-electron chi connectivity index (χ4n) is 1.65. The van der Waals surface area contributed by atoms with Crippen molar-refractivity contribution < 1.29 is 17.9 Å². The number of halogens is 3. The van der Waals surface area contributed by atoms with E-state index in [2.05, 4.69) is 9.98 Å². The number of hydrogen-bond donors (Lipinski definition) is 0. The quantitative estimate of drug-likeness (QED) is 0.786. The van der Waals surface area contributed by atoms with E-state index in [9.17, 15) is 13.2 Å². The Morgan fingerprint density at radius 3 is 2.32 bits per heavy atom. The molecule has 0 saturated heterocycles. The second-order valence-corrected chi connectivity index (χ2v) is 5.56. The molecule has 1 aromatic rings. The minimum Gasteiger partial charge on any atom is -0.474 e. The van der Waals surface area contributed by atoms with Gasteiger partial charge in [0.1, 0.15) is 12.3 Å². The summed E-state index contributed by atoms with van der Waals surface area (Å²) in [5.74, 6) is 0.314. The normalized spacial score (nSPS) is 20.1. The summed E-state index contributed by atoms with van der Waals surface area (Å²) in [5, 5.41) is 0. The molecule has 1 aliphatic heterocycles. The lowest BCUT2D eigenvalue weighted by Gasteiger charge is -2.21. The summed E-state index contributed by atoms with van der Waals surface area (Å²) in [6.07, 6.45) is -3.58. The molecule has 1 aliphatic rings. The SMILES string of the molecule is CC(C)(C)[C@H]1COC(c2ccc(C(F)(F)F)cn2)=N1. The molecule has 1 aromatic heterocycles. The van der Waals surface area contributed by atoms with Gasteiger partial charge in [-0.3, -0.25) is 4.98 Å². The van der Waals surface area contributed by atoms with Crippen LogP contribution < -0.4 is 0 Å². The number of ether oxygens (including phenoxy) is 1. The van der Waals surface area contributed by atoms with Crippen molar-refractivity contribution in [3.63, 3.8) is 0 Å². The zero-order chi connectivity index (χ0) is 14.3. The molecule has 0 N–H and O–H groups in total. The number of rotatable bonds is 1. The number of alkyl halides is 3. The van der Waals surface area contributed by atoms with E-state index in [4.69, 9.17) is 4.74 Å². The monoisotopic (exact) mass is 272 g/mol. The second kappa shape index (κ2) is 4.51. The Morgan fingerprint density at radius 1 is 1.21 bits per heavy atom. The van der Waals surface area contributed by atoms with Gasteiger partial charge in [0.2, 0.25) is 5.90 Å². The van der Waals surface area contributed by atoms with Gasteiger partial charge >= 0.3 is 6.18 Å². The predicted octanol–water partition coefficient (Wildman–Crippen LogP) is 3.29. The maximum Gasteiger partial charge on any atom is 0.417 e. The van der Waals surface area contributed by atoms with Crippen LogP contribution in [0.1, 0.15) is 32.0 Å². The van der Waals surface area contributed by atoms with Crippen molar-refractivity contribution in [3.8, 4) is 0 Å². The maximum absolute atomic E-state index is 12.4. The Labute approximate surface area is 109 Å². The molecule has 0 fully saturated rings. The van der Waals surface area contributed by atoms with Gasteiger partial charge in [-0.15, -0.1) is 0 Å². The van der Waals surface area contributed by atoms with Crippen molar-refractivity contribution >= 4 is 5.90 Å². The molecule has 19 heavy (non-hydrogen) atoms. The Bertz CT molecular complexity index is 486. The van der Waals surface area contributed by atoms with Crippen LogP contribution >= 0.6 is 0 Å². The lowest BCUT2D eigenvalue weighted by atomic mass is 9.88. The Hall–Kier alpha value is -1.59. The first-order valence-electron chi connectivity index (χ1n) is 5.92. The topological polar surface area (TPSA) is 34.5 Å². The van der Waals surface area contributed by atoms with Crippen LogP contribution in [0, 0.1) is 5.41 Å². The van der Waals surface area contributed by atoms with Gasteiger partial charge in [0.05, 0.1) is 11.6 Å². The van der Waals surface area contributed by atoms with Gasteiger partial charge in [0.15, 0.2) is 0 Å². The van der Waals surface area contributed by atoms with Gasteiger partial charge in [-0.25, -0.2) is 4.99 Å². The smallest absolute Gasteiger partial charge is 0.417 e. The third-order valence-corrected chi connectivity index (χ3v) is 2.96. The molecule has 0 bridgehead atoms. The highest BCUT2D eigenvalue weighted by atomic mass is 19.4. The first kappa shape index (κ1) is 13.8. The van der Waals surface area contributed by atoms with Gasteiger partial charge in [-0.2, -0.15) is 13.2 Å². The summed E-state index contributed by atoms with van der Waals surface area (Å²) >= 11 is 0. The zero-order valence-corrected chi connectivity index (χ0v) is 11.0. The summed E-state index contributed by atoms with van der Waals surface area (Å²) in [7, 11) is 0. The van der Waals surface area contributed by atoms with Crippen molar-refractivity contribution in [3.05, 3.63) is 29.6 Å². The van der Waals surface area contributed by atoms with Crippen LogP contribution in [0.25, 0.3) is 0 Å². The first-order valence-corrected chi connectivity index (χ1v) is 5.92. The second-order valence-electron chi connectivity index (χ2n) is 5.56. The first-order chi connectivity index (χ1) is 8.68. The molecule has 0 saturated carbocycles. The van der Waals surface area contributed by atoms with E-state index in [1.807, 2.05) is 20.8 Å². The molecule has 0 radical (unpaired) electrons. The lowest BCUT2D eigenvalue weighted by Crippen LogP contribution is -2.25.